The van der Waals surface area contributed by atoms with Gasteiger partial charge in [-0.25, -0.2) is 0 Å². The van der Waals surface area contributed by atoms with Crippen LogP contribution in [0.1, 0.15) is 18.1 Å². The summed E-state index contributed by atoms with van der Waals surface area (Å²) < 4.78 is 5.29. The van der Waals surface area contributed by atoms with Crippen LogP contribution in [0.15, 0.2) is 18.2 Å². The van der Waals surface area contributed by atoms with Gasteiger partial charge in [-0.3, -0.25) is 4.90 Å². The number of benzene rings is 1. The van der Waals surface area contributed by atoms with Crippen molar-refractivity contribution in [1.82, 2.24) is 4.90 Å². The third kappa shape index (κ3) is 1.60. The Morgan fingerprint density at radius 2 is 2.25 bits per heavy atom. The van der Waals surface area contributed by atoms with Gasteiger partial charge in [-0.1, -0.05) is 6.07 Å². The number of nitrogens with two attached hydrogens (primary N) is 1. The van der Waals surface area contributed by atoms with E-state index in [1.165, 1.54) is 11.1 Å². The molecule has 16 heavy (non-hydrogen) atoms. The monoisotopic (exact) mass is 220 g/mol. The van der Waals surface area contributed by atoms with Crippen molar-refractivity contribution in [3.63, 3.8) is 0 Å². The highest BCUT2D eigenvalue weighted by Crippen LogP contribution is 2.35. The van der Waals surface area contributed by atoms with Gasteiger partial charge in [0.15, 0.2) is 0 Å². The van der Waals surface area contributed by atoms with Crippen molar-refractivity contribution in [2.75, 3.05) is 27.2 Å². The lowest BCUT2D eigenvalue weighted by Gasteiger charge is -2.43. The van der Waals surface area contributed by atoms with Gasteiger partial charge in [0.1, 0.15) is 5.75 Å². The van der Waals surface area contributed by atoms with E-state index in [9.17, 15) is 0 Å². The van der Waals surface area contributed by atoms with Crippen molar-refractivity contribution in [2.45, 2.75) is 18.9 Å². The zero-order valence-electron chi connectivity index (χ0n) is 10.3. The highest BCUT2D eigenvalue weighted by atomic mass is 16.5. The zero-order valence-corrected chi connectivity index (χ0v) is 10.3. The Bertz CT molecular complexity index is 392. The summed E-state index contributed by atoms with van der Waals surface area (Å²) in [5.74, 6) is 0.911. The van der Waals surface area contributed by atoms with E-state index in [4.69, 9.17) is 10.5 Å². The molecule has 1 aromatic carbocycles. The Kier molecular flexibility index (Phi) is 2.91. The summed E-state index contributed by atoms with van der Waals surface area (Å²) in [7, 11) is 3.84. The Hall–Kier alpha value is -1.06. The van der Waals surface area contributed by atoms with Gasteiger partial charge in [-0.15, -0.1) is 0 Å². The van der Waals surface area contributed by atoms with Gasteiger partial charge in [0, 0.05) is 13.1 Å². The largest absolute Gasteiger partial charge is 0.497 e. The van der Waals surface area contributed by atoms with Gasteiger partial charge in [0.25, 0.3) is 0 Å². The first kappa shape index (κ1) is 11.4. The molecule has 1 aliphatic heterocycles. The quantitative estimate of drug-likeness (QED) is 0.818. The van der Waals surface area contributed by atoms with Gasteiger partial charge in [-0.05, 0) is 43.7 Å². The predicted molar refractivity (Wildman–Crippen MR) is 65.7 cm³/mol. The third-order valence-corrected chi connectivity index (χ3v) is 3.85. The summed E-state index contributed by atoms with van der Waals surface area (Å²) in [5.41, 5.74) is 8.59. The molecule has 2 N–H and O–H groups in total. The van der Waals surface area contributed by atoms with E-state index < -0.39 is 0 Å². The molecule has 0 radical (unpaired) electrons. The van der Waals surface area contributed by atoms with Gasteiger partial charge in [-0.2, -0.15) is 0 Å². The van der Waals surface area contributed by atoms with Crippen LogP contribution in [0.2, 0.25) is 0 Å². The zero-order chi connectivity index (χ0) is 11.8. The minimum Gasteiger partial charge on any atom is -0.497 e. The first-order valence-electron chi connectivity index (χ1n) is 5.70. The second kappa shape index (κ2) is 4.07. The topological polar surface area (TPSA) is 38.5 Å². The van der Waals surface area contributed by atoms with E-state index in [2.05, 4.69) is 31.0 Å². The van der Waals surface area contributed by atoms with Crippen molar-refractivity contribution in [1.29, 1.82) is 0 Å². The van der Waals surface area contributed by atoms with E-state index in [0.29, 0.717) is 6.54 Å². The second-order valence-electron chi connectivity index (χ2n) is 4.67. The van der Waals surface area contributed by atoms with Gasteiger partial charge in [0.2, 0.25) is 0 Å². The van der Waals surface area contributed by atoms with Gasteiger partial charge < -0.3 is 10.5 Å². The fourth-order valence-electron chi connectivity index (χ4n) is 2.41. The molecular weight excluding hydrogens is 200 g/mol. The average Bonchev–Trinajstić information content (AvgIpc) is 2.33. The van der Waals surface area contributed by atoms with Gasteiger partial charge >= 0.3 is 0 Å². The number of likely N-dealkylation sites (N-methyl/N-ethyl adjacent to an activating group) is 1. The molecule has 0 fully saturated rings. The van der Waals surface area contributed by atoms with Crippen molar-refractivity contribution >= 4 is 0 Å². The molecule has 0 amide bonds. The number of rotatable bonds is 2. The number of nitrogens with zero attached hydrogens (tertiary/aromatic N) is 1. The highest BCUT2D eigenvalue weighted by molar-refractivity contribution is 5.42. The summed E-state index contributed by atoms with van der Waals surface area (Å²) in [5, 5.41) is 0. The summed E-state index contributed by atoms with van der Waals surface area (Å²) in [6.45, 7) is 3.89. The molecule has 0 saturated carbocycles. The fourth-order valence-corrected chi connectivity index (χ4v) is 2.41. The molecule has 0 spiro atoms. The fraction of sp³-hybridized carbons (Fsp3) is 0.538. The lowest BCUT2D eigenvalue weighted by atomic mass is 9.82. The molecule has 1 atom stereocenters. The molecule has 3 nitrogen and oxygen atoms in total. The van der Waals surface area contributed by atoms with Crippen LogP contribution < -0.4 is 10.5 Å². The molecule has 2 rings (SSSR count). The molecule has 1 aliphatic rings. The maximum absolute atomic E-state index is 5.95. The third-order valence-electron chi connectivity index (χ3n) is 3.85. The van der Waals surface area contributed by atoms with Gasteiger partial charge in [0.05, 0.1) is 12.6 Å². The summed E-state index contributed by atoms with van der Waals surface area (Å²) >= 11 is 0. The molecule has 1 heterocycles. The number of methoxy groups -OCH3 is 1. The van der Waals surface area contributed by atoms with Crippen molar-refractivity contribution in [3.05, 3.63) is 29.3 Å². The standard InChI is InChI=1S/C13H20N2O/c1-13(9-14)12-8-11(16-3)5-4-10(12)6-7-15(13)2/h4-5,8H,6-7,9,14H2,1-3H3. The van der Waals surface area contributed by atoms with Crippen molar-refractivity contribution < 1.29 is 4.74 Å². The van der Waals surface area contributed by atoms with E-state index in [1.807, 2.05) is 6.07 Å². The molecular formula is C13H20N2O. The molecule has 1 unspecified atom stereocenters. The minimum absolute atomic E-state index is 0.0673. The molecule has 0 saturated heterocycles. The Morgan fingerprint density at radius 1 is 1.50 bits per heavy atom. The number of hydrogen-bond acceptors (Lipinski definition) is 3. The van der Waals surface area contributed by atoms with Crippen LogP contribution >= 0.6 is 0 Å². The SMILES string of the molecule is COc1ccc2c(c1)C(C)(CN)N(C)CC2. The molecule has 0 aliphatic carbocycles. The maximum atomic E-state index is 5.95. The Morgan fingerprint density at radius 3 is 2.88 bits per heavy atom. The van der Waals surface area contributed by atoms with Crippen LogP contribution in [0.3, 0.4) is 0 Å². The number of fused-ring (bicyclic) bond motifs is 1. The highest BCUT2D eigenvalue weighted by Gasteiger charge is 2.35. The molecule has 1 aromatic rings. The van der Waals surface area contributed by atoms with E-state index >= 15 is 0 Å². The predicted octanol–water partition coefficient (Wildman–Crippen LogP) is 1.36. The van der Waals surface area contributed by atoms with Crippen LogP contribution in [-0.2, 0) is 12.0 Å². The van der Waals surface area contributed by atoms with Crippen LogP contribution in [0, 0.1) is 0 Å². The average molecular weight is 220 g/mol. The Labute approximate surface area is 97.2 Å². The van der Waals surface area contributed by atoms with Crippen LogP contribution in [-0.4, -0.2) is 32.1 Å². The van der Waals surface area contributed by atoms with Crippen LogP contribution in [0.5, 0.6) is 5.75 Å². The smallest absolute Gasteiger partial charge is 0.119 e. The van der Waals surface area contributed by atoms with E-state index in [1.54, 1.807) is 7.11 Å². The summed E-state index contributed by atoms with van der Waals surface area (Å²) in [6, 6.07) is 6.31. The summed E-state index contributed by atoms with van der Waals surface area (Å²) in [4.78, 5) is 2.33. The van der Waals surface area contributed by atoms with Crippen LogP contribution in [0.4, 0.5) is 0 Å². The second-order valence-corrected chi connectivity index (χ2v) is 4.67. The van der Waals surface area contributed by atoms with Crippen molar-refractivity contribution in [2.24, 2.45) is 5.73 Å². The van der Waals surface area contributed by atoms with Crippen LogP contribution in [0.25, 0.3) is 0 Å². The lowest BCUT2D eigenvalue weighted by Crippen LogP contribution is -2.51. The molecule has 0 aromatic heterocycles. The summed E-state index contributed by atoms with van der Waals surface area (Å²) in [6.07, 6.45) is 1.09. The molecule has 0 bridgehead atoms. The van der Waals surface area contributed by atoms with Crippen molar-refractivity contribution in [3.8, 4) is 5.75 Å². The molecule has 3 heteroatoms. The molecule has 88 valence electrons. The lowest BCUT2D eigenvalue weighted by molar-refractivity contribution is 0.131. The maximum Gasteiger partial charge on any atom is 0.119 e. The number of hydrogen-bond donors (Lipinski definition) is 1. The Balaban J connectivity index is 2.52. The van der Waals surface area contributed by atoms with E-state index in [0.717, 1.165) is 18.7 Å². The first-order chi connectivity index (χ1) is 7.61. The minimum atomic E-state index is -0.0673. The van der Waals surface area contributed by atoms with E-state index in [-0.39, 0.29) is 5.54 Å². The normalized spacial score (nSPS) is 25.2. The number of ether oxygens (including phenoxy) is 1. The first-order valence-corrected chi connectivity index (χ1v) is 5.70.